The zero-order valence-electron chi connectivity index (χ0n) is 15.1. The molecule has 6 nitrogen and oxygen atoms in total. The van der Waals surface area contributed by atoms with Crippen LogP contribution in [0.5, 0.6) is 0 Å². The van der Waals surface area contributed by atoms with Crippen molar-refractivity contribution in [2.75, 3.05) is 31.6 Å². The van der Waals surface area contributed by atoms with E-state index in [1.54, 1.807) is 0 Å². The standard InChI is InChI=1S/C19H25N3O3S/c1-3-22(17-8-5-4-6-9-17)15-7-14-21-19(23)16-10-12-18(13-11-16)26(24,25)20-2/h4-6,8-13,20H,3,7,14-15H2,1-2H3,(H,21,23). The van der Waals surface area contributed by atoms with Crippen LogP contribution in [-0.4, -0.2) is 41.0 Å². The quantitative estimate of drug-likeness (QED) is 0.659. The maximum absolute atomic E-state index is 12.2. The second kappa shape index (κ2) is 9.35. The van der Waals surface area contributed by atoms with Gasteiger partial charge in [-0.2, -0.15) is 0 Å². The van der Waals surface area contributed by atoms with Crippen LogP contribution in [-0.2, 0) is 10.0 Å². The third kappa shape index (κ3) is 5.31. The molecule has 0 heterocycles. The second-order valence-corrected chi connectivity index (χ2v) is 7.64. The fourth-order valence-electron chi connectivity index (χ4n) is 2.59. The normalized spacial score (nSPS) is 11.2. The molecular formula is C19H25N3O3S. The highest BCUT2D eigenvalue weighted by Crippen LogP contribution is 2.13. The molecule has 0 saturated heterocycles. The molecule has 0 aromatic heterocycles. The Labute approximate surface area is 155 Å². The van der Waals surface area contributed by atoms with Crippen LogP contribution in [0, 0.1) is 0 Å². The third-order valence-electron chi connectivity index (χ3n) is 4.09. The van der Waals surface area contributed by atoms with E-state index in [1.807, 2.05) is 18.2 Å². The average molecular weight is 375 g/mol. The highest BCUT2D eigenvalue weighted by Gasteiger charge is 2.12. The number of hydrogen-bond acceptors (Lipinski definition) is 4. The van der Waals surface area contributed by atoms with E-state index in [-0.39, 0.29) is 10.8 Å². The van der Waals surface area contributed by atoms with Gasteiger partial charge < -0.3 is 10.2 Å². The van der Waals surface area contributed by atoms with Gasteiger partial charge in [0.2, 0.25) is 10.0 Å². The van der Waals surface area contributed by atoms with Crippen LogP contribution in [0.3, 0.4) is 0 Å². The summed E-state index contributed by atoms with van der Waals surface area (Å²) in [4.78, 5) is 14.6. The first-order valence-corrected chi connectivity index (χ1v) is 10.1. The number of amides is 1. The summed E-state index contributed by atoms with van der Waals surface area (Å²) in [5, 5.41) is 2.87. The maximum Gasteiger partial charge on any atom is 0.251 e. The minimum atomic E-state index is -3.49. The largest absolute Gasteiger partial charge is 0.372 e. The minimum Gasteiger partial charge on any atom is -0.372 e. The summed E-state index contributed by atoms with van der Waals surface area (Å²) in [5.74, 6) is -0.207. The van der Waals surface area contributed by atoms with E-state index in [9.17, 15) is 13.2 Å². The zero-order valence-corrected chi connectivity index (χ0v) is 15.9. The lowest BCUT2D eigenvalue weighted by molar-refractivity contribution is 0.0953. The molecule has 2 N–H and O–H groups in total. The van der Waals surface area contributed by atoms with Crippen molar-refractivity contribution in [2.45, 2.75) is 18.2 Å². The zero-order chi connectivity index (χ0) is 19.0. The fraction of sp³-hybridized carbons (Fsp3) is 0.316. The topological polar surface area (TPSA) is 78.5 Å². The van der Waals surface area contributed by atoms with Crippen LogP contribution in [0.4, 0.5) is 5.69 Å². The Morgan fingerprint density at radius 1 is 1.04 bits per heavy atom. The van der Waals surface area contributed by atoms with Gasteiger partial charge in [-0.1, -0.05) is 18.2 Å². The highest BCUT2D eigenvalue weighted by atomic mass is 32.2. The molecule has 0 aliphatic rings. The van der Waals surface area contributed by atoms with Gasteiger partial charge in [0.15, 0.2) is 0 Å². The molecule has 0 atom stereocenters. The maximum atomic E-state index is 12.2. The lowest BCUT2D eigenvalue weighted by Crippen LogP contribution is -2.30. The van der Waals surface area contributed by atoms with Crippen molar-refractivity contribution in [3.8, 4) is 0 Å². The van der Waals surface area contributed by atoms with E-state index in [2.05, 4.69) is 34.0 Å². The lowest BCUT2D eigenvalue weighted by Gasteiger charge is -2.23. The summed E-state index contributed by atoms with van der Waals surface area (Å²) < 4.78 is 25.6. The SMILES string of the molecule is CCN(CCCNC(=O)c1ccc(S(=O)(=O)NC)cc1)c1ccccc1. The summed E-state index contributed by atoms with van der Waals surface area (Å²) in [5.41, 5.74) is 1.61. The Hall–Kier alpha value is -2.38. The monoisotopic (exact) mass is 375 g/mol. The van der Waals surface area contributed by atoms with Crippen LogP contribution in [0.1, 0.15) is 23.7 Å². The first-order chi connectivity index (χ1) is 12.5. The second-order valence-electron chi connectivity index (χ2n) is 5.76. The van der Waals surface area contributed by atoms with E-state index >= 15 is 0 Å². The van der Waals surface area contributed by atoms with Gasteiger partial charge in [-0.05, 0) is 56.8 Å². The molecule has 1 amide bonds. The highest BCUT2D eigenvalue weighted by molar-refractivity contribution is 7.89. The molecule has 0 spiro atoms. The van der Waals surface area contributed by atoms with Crippen molar-refractivity contribution in [1.82, 2.24) is 10.0 Å². The summed E-state index contributed by atoms with van der Waals surface area (Å²) in [6, 6.07) is 16.0. The number of carbonyl (C=O) groups excluding carboxylic acids is 1. The number of sulfonamides is 1. The molecule has 0 saturated carbocycles. The van der Waals surface area contributed by atoms with Crippen molar-refractivity contribution < 1.29 is 13.2 Å². The van der Waals surface area contributed by atoms with E-state index < -0.39 is 10.0 Å². The van der Waals surface area contributed by atoms with Crippen molar-refractivity contribution in [3.05, 3.63) is 60.2 Å². The van der Waals surface area contributed by atoms with Crippen molar-refractivity contribution in [1.29, 1.82) is 0 Å². The summed E-state index contributed by atoms with van der Waals surface area (Å²) in [6.45, 7) is 4.41. The van der Waals surface area contributed by atoms with Crippen LogP contribution < -0.4 is 14.9 Å². The first-order valence-electron chi connectivity index (χ1n) is 8.59. The Bertz CT molecular complexity index is 806. The molecule has 0 fully saturated rings. The van der Waals surface area contributed by atoms with Crippen LogP contribution in [0.25, 0.3) is 0 Å². The van der Waals surface area contributed by atoms with Gasteiger partial charge in [-0.15, -0.1) is 0 Å². The predicted molar refractivity (Wildman–Crippen MR) is 104 cm³/mol. The van der Waals surface area contributed by atoms with Crippen molar-refractivity contribution in [2.24, 2.45) is 0 Å². The van der Waals surface area contributed by atoms with Gasteiger partial charge >= 0.3 is 0 Å². The number of nitrogens with zero attached hydrogens (tertiary/aromatic N) is 1. The molecule has 2 rings (SSSR count). The van der Waals surface area contributed by atoms with Gasteiger partial charge in [-0.25, -0.2) is 13.1 Å². The van der Waals surface area contributed by atoms with E-state index in [1.165, 1.54) is 37.0 Å². The minimum absolute atomic E-state index is 0.137. The van der Waals surface area contributed by atoms with Crippen LogP contribution >= 0.6 is 0 Å². The number of carbonyl (C=O) groups is 1. The number of anilines is 1. The van der Waals surface area contributed by atoms with Gasteiger partial charge in [0, 0.05) is 30.9 Å². The first kappa shape index (κ1) is 19.9. The van der Waals surface area contributed by atoms with E-state index in [4.69, 9.17) is 0 Å². The summed E-state index contributed by atoms with van der Waals surface area (Å²) in [6.07, 6.45) is 0.820. The molecule has 0 aliphatic heterocycles. The molecule has 0 radical (unpaired) electrons. The van der Waals surface area contributed by atoms with E-state index in [0.717, 1.165) is 19.5 Å². The fourth-order valence-corrected chi connectivity index (χ4v) is 3.32. The smallest absolute Gasteiger partial charge is 0.251 e. The summed E-state index contributed by atoms with van der Waals surface area (Å²) >= 11 is 0. The lowest BCUT2D eigenvalue weighted by atomic mass is 10.2. The molecule has 0 aliphatic carbocycles. The van der Waals surface area contributed by atoms with Gasteiger partial charge in [-0.3, -0.25) is 4.79 Å². The third-order valence-corrected chi connectivity index (χ3v) is 5.52. The molecule has 2 aromatic carbocycles. The molecule has 7 heteroatoms. The van der Waals surface area contributed by atoms with Gasteiger partial charge in [0.05, 0.1) is 4.90 Å². The Kier molecular flexibility index (Phi) is 7.17. The molecule has 140 valence electrons. The Morgan fingerprint density at radius 3 is 2.27 bits per heavy atom. The number of hydrogen-bond donors (Lipinski definition) is 2. The molecular weight excluding hydrogens is 350 g/mol. The number of benzene rings is 2. The molecule has 26 heavy (non-hydrogen) atoms. The average Bonchev–Trinajstić information content (AvgIpc) is 2.68. The Balaban J connectivity index is 1.83. The van der Waals surface area contributed by atoms with Crippen molar-refractivity contribution in [3.63, 3.8) is 0 Å². The van der Waals surface area contributed by atoms with Gasteiger partial charge in [0.1, 0.15) is 0 Å². The van der Waals surface area contributed by atoms with E-state index in [0.29, 0.717) is 12.1 Å². The number of para-hydroxylation sites is 1. The van der Waals surface area contributed by atoms with Crippen LogP contribution in [0.15, 0.2) is 59.5 Å². The number of nitrogens with one attached hydrogen (secondary N) is 2. The molecule has 0 bridgehead atoms. The summed E-state index contributed by atoms with van der Waals surface area (Å²) in [7, 11) is -2.14. The van der Waals surface area contributed by atoms with Gasteiger partial charge in [0.25, 0.3) is 5.91 Å². The molecule has 0 unspecified atom stereocenters. The predicted octanol–water partition coefficient (Wildman–Crippen LogP) is 2.24. The molecule has 2 aromatic rings. The van der Waals surface area contributed by atoms with Crippen molar-refractivity contribution >= 4 is 21.6 Å². The number of rotatable bonds is 9. The Morgan fingerprint density at radius 2 is 1.69 bits per heavy atom. The van der Waals surface area contributed by atoms with Crippen LogP contribution in [0.2, 0.25) is 0 Å².